The Balaban J connectivity index is 1.30. The van der Waals surface area contributed by atoms with Crippen LogP contribution in [0.15, 0.2) is 53.3 Å². The maximum Gasteiger partial charge on any atom is 0.292 e. The van der Waals surface area contributed by atoms with Crippen molar-refractivity contribution >= 4 is 27.4 Å². The summed E-state index contributed by atoms with van der Waals surface area (Å²) in [6.45, 7) is 2.46. The zero-order chi connectivity index (χ0) is 18.9. The van der Waals surface area contributed by atoms with Crippen molar-refractivity contribution < 1.29 is 0 Å². The van der Waals surface area contributed by atoms with Gasteiger partial charge in [-0.25, -0.2) is 19.3 Å². The van der Waals surface area contributed by atoms with Crippen molar-refractivity contribution in [1.82, 2.24) is 29.5 Å². The molecule has 0 N–H and O–H groups in total. The maximum atomic E-state index is 12.8. The predicted octanol–water partition coefficient (Wildman–Crippen LogP) is 2.35. The zero-order valence-corrected chi connectivity index (χ0v) is 16.0. The van der Waals surface area contributed by atoms with Gasteiger partial charge in [-0.15, -0.1) is 11.3 Å². The van der Waals surface area contributed by atoms with Gasteiger partial charge in [-0.2, -0.15) is 10.2 Å². The smallest absolute Gasteiger partial charge is 0.292 e. The van der Waals surface area contributed by atoms with Crippen molar-refractivity contribution in [3.05, 3.63) is 58.9 Å². The van der Waals surface area contributed by atoms with Crippen LogP contribution in [-0.4, -0.2) is 42.6 Å². The van der Waals surface area contributed by atoms with Crippen LogP contribution in [0, 0.1) is 5.92 Å². The molecule has 0 spiro atoms. The SMILES string of the molecule is O=c1c(-n2cccn2)ccnn1CC1CCN(c2ncnc3ccsc23)CC1. The standard InChI is InChI=1S/C19H19N7OS/c27-19-16(25-8-1-6-22-25)2-7-23-26(19)12-14-3-9-24(10-4-14)18-17-15(5-11-28-17)20-13-21-18/h1-2,5-8,11,13-14H,3-4,9-10,12H2. The summed E-state index contributed by atoms with van der Waals surface area (Å²) in [5.74, 6) is 1.43. The maximum absolute atomic E-state index is 12.8. The lowest BCUT2D eigenvalue weighted by molar-refractivity contribution is 0.334. The van der Waals surface area contributed by atoms with Gasteiger partial charge in [0, 0.05) is 38.2 Å². The minimum Gasteiger partial charge on any atom is -0.355 e. The van der Waals surface area contributed by atoms with Crippen molar-refractivity contribution in [1.29, 1.82) is 0 Å². The molecule has 1 aliphatic heterocycles. The van der Waals surface area contributed by atoms with E-state index in [0.717, 1.165) is 42.0 Å². The van der Waals surface area contributed by atoms with Gasteiger partial charge in [-0.1, -0.05) is 0 Å². The molecule has 0 aromatic carbocycles. The Labute approximate surface area is 165 Å². The first-order valence-electron chi connectivity index (χ1n) is 9.29. The molecule has 142 valence electrons. The fourth-order valence-electron chi connectivity index (χ4n) is 3.73. The number of fused-ring (bicyclic) bond motifs is 1. The largest absolute Gasteiger partial charge is 0.355 e. The first kappa shape index (κ1) is 17.1. The van der Waals surface area contributed by atoms with Crippen molar-refractivity contribution in [3.8, 4) is 5.69 Å². The van der Waals surface area contributed by atoms with Crippen LogP contribution >= 0.6 is 11.3 Å². The topological polar surface area (TPSA) is 81.7 Å². The number of hydrogen-bond acceptors (Lipinski definition) is 7. The normalized spacial score (nSPS) is 15.4. The predicted molar refractivity (Wildman–Crippen MR) is 108 cm³/mol. The summed E-state index contributed by atoms with van der Waals surface area (Å²) in [5.41, 5.74) is 1.42. The van der Waals surface area contributed by atoms with E-state index < -0.39 is 0 Å². The van der Waals surface area contributed by atoms with Gasteiger partial charge in [-0.05, 0) is 42.3 Å². The van der Waals surface area contributed by atoms with Crippen LogP contribution in [0.1, 0.15) is 12.8 Å². The van der Waals surface area contributed by atoms with Gasteiger partial charge >= 0.3 is 0 Å². The Morgan fingerprint density at radius 2 is 2.00 bits per heavy atom. The number of rotatable bonds is 4. The monoisotopic (exact) mass is 393 g/mol. The third kappa shape index (κ3) is 3.07. The van der Waals surface area contributed by atoms with E-state index in [1.165, 1.54) is 0 Å². The molecule has 0 aliphatic carbocycles. The molecule has 8 nitrogen and oxygen atoms in total. The Hall–Kier alpha value is -3.07. The van der Waals surface area contributed by atoms with Crippen LogP contribution in [0.2, 0.25) is 0 Å². The highest BCUT2D eigenvalue weighted by atomic mass is 32.1. The molecule has 1 fully saturated rings. The van der Waals surface area contributed by atoms with E-state index >= 15 is 0 Å². The summed E-state index contributed by atoms with van der Waals surface area (Å²) in [4.78, 5) is 23.9. The number of anilines is 1. The lowest BCUT2D eigenvalue weighted by atomic mass is 9.97. The summed E-state index contributed by atoms with van der Waals surface area (Å²) in [7, 11) is 0. The quantitative estimate of drug-likeness (QED) is 0.529. The van der Waals surface area contributed by atoms with Crippen LogP contribution in [0.3, 0.4) is 0 Å². The molecule has 0 radical (unpaired) electrons. The van der Waals surface area contributed by atoms with Gasteiger partial charge in [0.1, 0.15) is 17.8 Å². The van der Waals surface area contributed by atoms with E-state index in [0.29, 0.717) is 18.2 Å². The van der Waals surface area contributed by atoms with Gasteiger partial charge in [0.15, 0.2) is 0 Å². The van der Waals surface area contributed by atoms with Gasteiger partial charge in [0.25, 0.3) is 5.56 Å². The number of thiophene rings is 1. The Kier molecular flexibility index (Phi) is 4.36. The number of nitrogens with zero attached hydrogens (tertiary/aromatic N) is 7. The Morgan fingerprint density at radius 3 is 2.82 bits per heavy atom. The molecular weight excluding hydrogens is 374 g/mol. The second-order valence-electron chi connectivity index (χ2n) is 6.92. The first-order chi connectivity index (χ1) is 13.8. The Bertz CT molecular complexity index is 1140. The molecule has 4 aromatic heterocycles. The molecule has 5 heterocycles. The molecular formula is C19H19N7OS. The lowest BCUT2D eigenvalue weighted by Gasteiger charge is -2.32. The Morgan fingerprint density at radius 1 is 1.11 bits per heavy atom. The molecule has 4 aromatic rings. The fraction of sp³-hybridized carbons (Fsp3) is 0.316. The van der Waals surface area contributed by atoms with E-state index in [1.807, 2.05) is 6.07 Å². The van der Waals surface area contributed by atoms with E-state index in [9.17, 15) is 4.79 Å². The van der Waals surface area contributed by atoms with Crippen molar-refractivity contribution in [2.45, 2.75) is 19.4 Å². The van der Waals surface area contributed by atoms with Crippen molar-refractivity contribution in [3.63, 3.8) is 0 Å². The summed E-state index contributed by atoms with van der Waals surface area (Å²) in [6, 6.07) is 5.54. The highest BCUT2D eigenvalue weighted by Crippen LogP contribution is 2.30. The molecule has 0 amide bonds. The molecule has 0 saturated carbocycles. The molecule has 0 atom stereocenters. The van der Waals surface area contributed by atoms with E-state index in [4.69, 9.17) is 0 Å². The average molecular weight is 393 g/mol. The average Bonchev–Trinajstić information content (AvgIpc) is 3.42. The van der Waals surface area contributed by atoms with Crippen molar-refractivity contribution in [2.75, 3.05) is 18.0 Å². The van der Waals surface area contributed by atoms with E-state index in [1.54, 1.807) is 57.8 Å². The van der Waals surface area contributed by atoms with E-state index in [2.05, 4.69) is 30.4 Å². The summed E-state index contributed by atoms with van der Waals surface area (Å²) in [6.07, 6.45) is 8.74. The van der Waals surface area contributed by atoms with Crippen LogP contribution in [0.25, 0.3) is 15.9 Å². The molecule has 1 aliphatic rings. The van der Waals surface area contributed by atoms with E-state index in [-0.39, 0.29) is 5.56 Å². The highest BCUT2D eigenvalue weighted by molar-refractivity contribution is 7.17. The summed E-state index contributed by atoms with van der Waals surface area (Å²) >= 11 is 1.68. The fourth-order valence-corrected chi connectivity index (χ4v) is 4.59. The molecule has 5 rings (SSSR count). The van der Waals surface area contributed by atoms with Crippen molar-refractivity contribution in [2.24, 2.45) is 5.92 Å². The second-order valence-corrected chi connectivity index (χ2v) is 7.83. The van der Waals surface area contributed by atoms with Crippen LogP contribution in [0.4, 0.5) is 5.82 Å². The second kappa shape index (κ2) is 7.16. The molecule has 28 heavy (non-hydrogen) atoms. The summed E-state index contributed by atoms with van der Waals surface area (Å²) in [5, 5.41) is 10.5. The third-order valence-electron chi connectivity index (χ3n) is 5.21. The highest BCUT2D eigenvalue weighted by Gasteiger charge is 2.23. The van der Waals surface area contributed by atoms with Crippen LogP contribution in [-0.2, 0) is 6.54 Å². The van der Waals surface area contributed by atoms with Gasteiger partial charge in [-0.3, -0.25) is 4.79 Å². The lowest BCUT2D eigenvalue weighted by Crippen LogP contribution is -2.37. The molecule has 0 unspecified atom stereocenters. The zero-order valence-electron chi connectivity index (χ0n) is 15.2. The van der Waals surface area contributed by atoms with Crippen LogP contribution < -0.4 is 10.5 Å². The number of hydrogen-bond donors (Lipinski definition) is 0. The summed E-state index contributed by atoms with van der Waals surface area (Å²) < 4.78 is 4.30. The third-order valence-corrected chi connectivity index (χ3v) is 6.11. The van der Waals surface area contributed by atoms with Gasteiger partial charge in [0.2, 0.25) is 0 Å². The minimum atomic E-state index is -0.107. The minimum absolute atomic E-state index is 0.107. The molecule has 9 heteroatoms. The van der Waals surface area contributed by atoms with Crippen LogP contribution in [0.5, 0.6) is 0 Å². The van der Waals surface area contributed by atoms with Gasteiger partial charge in [0.05, 0.1) is 10.2 Å². The molecule has 1 saturated heterocycles. The number of aromatic nitrogens is 6. The first-order valence-corrected chi connectivity index (χ1v) is 10.2. The number of piperidine rings is 1. The van der Waals surface area contributed by atoms with Gasteiger partial charge < -0.3 is 4.90 Å². The molecule has 0 bridgehead atoms.